The molecule has 0 saturated carbocycles. The van der Waals surface area contributed by atoms with Crippen LogP contribution in [0.1, 0.15) is 11.4 Å². The lowest BCUT2D eigenvalue weighted by atomic mass is 10.1. The van der Waals surface area contributed by atoms with E-state index in [0.717, 1.165) is 6.42 Å². The Morgan fingerprint density at radius 2 is 1.71 bits per heavy atom. The number of alkyl halides is 1. The standard InChI is InChI=1S/C17H15ClN2O/c18-12-16-19-15-9-5-4-8-14(15)17(21)20(16)11-10-13-6-2-1-3-7-13/h1-9H,10-12H2. The molecule has 3 rings (SSSR count). The van der Waals surface area contributed by atoms with Gasteiger partial charge in [0, 0.05) is 6.54 Å². The topological polar surface area (TPSA) is 34.9 Å². The monoisotopic (exact) mass is 298 g/mol. The Balaban J connectivity index is 2.01. The van der Waals surface area contributed by atoms with Crippen LogP contribution in [0.3, 0.4) is 0 Å². The van der Waals surface area contributed by atoms with Gasteiger partial charge < -0.3 is 0 Å². The molecule has 4 heteroatoms. The zero-order chi connectivity index (χ0) is 14.7. The molecule has 0 aliphatic heterocycles. The number of hydrogen-bond donors (Lipinski definition) is 0. The highest BCUT2D eigenvalue weighted by Crippen LogP contribution is 2.10. The highest BCUT2D eigenvalue weighted by Gasteiger charge is 2.09. The Bertz CT molecular complexity index is 812. The first-order valence-corrected chi connectivity index (χ1v) is 7.41. The number of aryl methyl sites for hydroxylation is 1. The van der Waals surface area contributed by atoms with Crippen LogP contribution >= 0.6 is 11.6 Å². The molecule has 3 aromatic rings. The third kappa shape index (κ3) is 2.83. The van der Waals surface area contributed by atoms with E-state index in [2.05, 4.69) is 17.1 Å². The fraction of sp³-hybridized carbons (Fsp3) is 0.176. The molecule has 0 aliphatic carbocycles. The summed E-state index contributed by atoms with van der Waals surface area (Å²) in [7, 11) is 0. The van der Waals surface area contributed by atoms with E-state index in [4.69, 9.17) is 11.6 Å². The summed E-state index contributed by atoms with van der Waals surface area (Å²) in [5.41, 5.74) is 1.87. The molecule has 0 saturated heterocycles. The minimum absolute atomic E-state index is 0.0211. The summed E-state index contributed by atoms with van der Waals surface area (Å²) in [6.45, 7) is 0.586. The number of hydrogen-bond acceptors (Lipinski definition) is 2. The van der Waals surface area contributed by atoms with Crippen molar-refractivity contribution in [2.45, 2.75) is 18.8 Å². The molecule has 0 amide bonds. The van der Waals surface area contributed by atoms with Gasteiger partial charge in [-0.3, -0.25) is 9.36 Å². The van der Waals surface area contributed by atoms with Gasteiger partial charge in [0.2, 0.25) is 0 Å². The van der Waals surface area contributed by atoms with E-state index < -0.39 is 0 Å². The number of benzene rings is 2. The molecule has 0 unspecified atom stereocenters. The highest BCUT2D eigenvalue weighted by molar-refractivity contribution is 6.16. The first-order valence-electron chi connectivity index (χ1n) is 6.88. The third-order valence-electron chi connectivity index (χ3n) is 3.53. The molecule has 0 radical (unpaired) electrons. The van der Waals surface area contributed by atoms with Crippen molar-refractivity contribution in [3.8, 4) is 0 Å². The van der Waals surface area contributed by atoms with Crippen molar-refractivity contribution in [1.82, 2.24) is 9.55 Å². The summed E-state index contributed by atoms with van der Waals surface area (Å²) in [6, 6.07) is 17.5. The van der Waals surface area contributed by atoms with Gasteiger partial charge in [0.15, 0.2) is 0 Å². The summed E-state index contributed by atoms with van der Waals surface area (Å²) in [4.78, 5) is 17.1. The predicted molar refractivity (Wildman–Crippen MR) is 85.7 cm³/mol. The van der Waals surface area contributed by atoms with E-state index in [1.807, 2.05) is 42.5 Å². The summed E-state index contributed by atoms with van der Waals surface area (Å²) in [5.74, 6) is 0.853. The van der Waals surface area contributed by atoms with Gasteiger partial charge in [0.1, 0.15) is 5.82 Å². The van der Waals surface area contributed by atoms with Crippen molar-refractivity contribution in [3.05, 3.63) is 76.3 Å². The number of fused-ring (bicyclic) bond motifs is 1. The molecule has 0 spiro atoms. The van der Waals surface area contributed by atoms with E-state index in [-0.39, 0.29) is 11.4 Å². The normalized spacial score (nSPS) is 10.9. The first-order chi connectivity index (χ1) is 10.3. The van der Waals surface area contributed by atoms with Gasteiger partial charge in [-0.15, -0.1) is 11.6 Å². The van der Waals surface area contributed by atoms with Crippen molar-refractivity contribution in [1.29, 1.82) is 0 Å². The summed E-state index contributed by atoms with van der Waals surface area (Å²) >= 11 is 5.96. The molecular formula is C17H15ClN2O. The predicted octanol–water partition coefficient (Wildman–Crippen LogP) is 3.38. The van der Waals surface area contributed by atoms with Crippen LogP contribution in [0.4, 0.5) is 0 Å². The van der Waals surface area contributed by atoms with Crippen molar-refractivity contribution < 1.29 is 0 Å². The first kappa shape index (κ1) is 13.8. The van der Waals surface area contributed by atoms with Crippen molar-refractivity contribution in [2.75, 3.05) is 0 Å². The summed E-state index contributed by atoms with van der Waals surface area (Å²) in [5, 5.41) is 0.638. The van der Waals surface area contributed by atoms with E-state index >= 15 is 0 Å². The van der Waals surface area contributed by atoms with Gasteiger partial charge in [-0.1, -0.05) is 42.5 Å². The second-order valence-electron chi connectivity index (χ2n) is 4.87. The third-order valence-corrected chi connectivity index (χ3v) is 3.77. The molecule has 0 fully saturated rings. The second-order valence-corrected chi connectivity index (χ2v) is 5.14. The quantitative estimate of drug-likeness (QED) is 0.692. The molecule has 0 aliphatic rings. The maximum absolute atomic E-state index is 12.6. The van der Waals surface area contributed by atoms with Crippen LogP contribution in [0.5, 0.6) is 0 Å². The summed E-state index contributed by atoms with van der Waals surface area (Å²) in [6.07, 6.45) is 0.782. The Hall–Kier alpha value is -2.13. The van der Waals surface area contributed by atoms with Crippen LogP contribution in [0, 0.1) is 0 Å². The average molecular weight is 299 g/mol. The van der Waals surface area contributed by atoms with Crippen molar-refractivity contribution >= 4 is 22.5 Å². The van der Waals surface area contributed by atoms with Gasteiger partial charge in [0.25, 0.3) is 5.56 Å². The molecule has 0 bridgehead atoms. The van der Waals surface area contributed by atoms with Crippen LogP contribution in [-0.4, -0.2) is 9.55 Å². The van der Waals surface area contributed by atoms with E-state index in [0.29, 0.717) is 23.3 Å². The molecule has 2 aromatic carbocycles. The van der Waals surface area contributed by atoms with E-state index in [9.17, 15) is 4.79 Å². The van der Waals surface area contributed by atoms with Gasteiger partial charge in [0.05, 0.1) is 16.8 Å². The van der Waals surface area contributed by atoms with E-state index in [1.165, 1.54) is 5.56 Å². The molecule has 1 aromatic heterocycles. The number of para-hydroxylation sites is 1. The zero-order valence-electron chi connectivity index (χ0n) is 11.5. The molecule has 0 atom stereocenters. The molecule has 106 valence electrons. The molecular weight excluding hydrogens is 284 g/mol. The SMILES string of the molecule is O=c1c2ccccc2nc(CCl)n1CCc1ccccc1. The van der Waals surface area contributed by atoms with Crippen LogP contribution in [0.25, 0.3) is 10.9 Å². The minimum Gasteiger partial charge on any atom is -0.295 e. The summed E-state index contributed by atoms with van der Waals surface area (Å²) < 4.78 is 1.68. The fourth-order valence-corrected chi connectivity index (χ4v) is 2.64. The fourth-order valence-electron chi connectivity index (χ4n) is 2.43. The van der Waals surface area contributed by atoms with Gasteiger partial charge in [-0.05, 0) is 24.1 Å². The maximum atomic E-state index is 12.6. The number of halogens is 1. The van der Waals surface area contributed by atoms with E-state index in [1.54, 1.807) is 4.57 Å². The Kier molecular flexibility index (Phi) is 4.02. The minimum atomic E-state index is -0.0211. The van der Waals surface area contributed by atoms with Crippen LogP contribution in [0.2, 0.25) is 0 Å². The lowest BCUT2D eigenvalue weighted by Crippen LogP contribution is -2.25. The number of nitrogens with zero attached hydrogens (tertiary/aromatic N) is 2. The van der Waals surface area contributed by atoms with Crippen LogP contribution in [0.15, 0.2) is 59.4 Å². The second kappa shape index (κ2) is 6.10. The molecule has 1 heterocycles. The lowest BCUT2D eigenvalue weighted by molar-refractivity contribution is 0.634. The van der Waals surface area contributed by atoms with Crippen molar-refractivity contribution in [2.24, 2.45) is 0 Å². The smallest absolute Gasteiger partial charge is 0.261 e. The van der Waals surface area contributed by atoms with Crippen LogP contribution in [-0.2, 0) is 18.8 Å². The Labute approximate surface area is 127 Å². The largest absolute Gasteiger partial charge is 0.295 e. The Morgan fingerprint density at radius 3 is 2.48 bits per heavy atom. The lowest BCUT2D eigenvalue weighted by Gasteiger charge is -2.11. The number of aromatic nitrogens is 2. The van der Waals surface area contributed by atoms with Gasteiger partial charge >= 0.3 is 0 Å². The maximum Gasteiger partial charge on any atom is 0.261 e. The van der Waals surface area contributed by atoms with Crippen LogP contribution < -0.4 is 5.56 Å². The molecule has 21 heavy (non-hydrogen) atoms. The van der Waals surface area contributed by atoms with Crippen molar-refractivity contribution in [3.63, 3.8) is 0 Å². The average Bonchev–Trinajstić information content (AvgIpc) is 2.55. The number of rotatable bonds is 4. The molecule has 3 nitrogen and oxygen atoms in total. The zero-order valence-corrected chi connectivity index (χ0v) is 12.3. The Morgan fingerprint density at radius 1 is 1.00 bits per heavy atom. The molecule has 0 N–H and O–H groups in total. The highest BCUT2D eigenvalue weighted by atomic mass is 35.5. The van der Waals surface area contributed by atoms with Gasteiger partial charge in [-0.25, -0.2) is 4.98 Å². The van der Waals surface area contributed by atoms with Gasteiger partial charge in [-0.2, -0.15) is 0 Å².